The number of amides is 1. The topological polar surface area (TPSA) is 71.3 Å². The average Bonchev–Trinajstić information content (AvgIpc) is 3.33. The van der Waals surface area contributed by atoms with Crippen molar-refractivity contribution in [2.24, 2.45) is 0 Å². The number of carbonyl (C=O) groups excluding carboxylic acids is 1. The van der Waals surface area contributed by atoms with Crippen molar-refractivity contribution in [3.8, 4) is 0 Å². The number of nitrogens with zero attached hydrogens (tertiary/aromatic N) is 1. The molecule has 1 amide bonds. The standard InChI is InChI=1S/C23H28N2O3/c1-2-3-11-25-21-17-10-9-16(12-17)18(21)13-19(23(25)28)22(27)24-20(14-26)15-7-5-4-6-8-15/h4-8,13,16-17,20,26H,2-3,9-12,14H2,1H3,(H,24,27)/t16-,17+,20+/m0/s1. The van der Waals surface area contributed by atoms with Crippen molar-refractivity contribution in [1.82, 2.24) is 9.88 Å². The van der Waals surface area contributed by atoms with Gasteiger partial charge in [0.1, 0.15) is 5.56 Å². The number of hydrogen-bond acceptors (Lipinski definition) is 3. The zero-order valence-electron chi connectivity index (χ0n) is 16.4. The fourth-order valence-electron chi connectivity index (χ4n) is 4.85. The second-order valence-corrected chi connectivity index (χ2v) is 8.04. The van der Waals surface area contributed by atoms with Gasteiger partial charge in [0, 0.05) is 18.2 Å². The molecule has 0 aliphatic heterocycles. The molecule has 148 valence electrons. The minimum atomic E-state index is -0.526. The van der Waals surface area contributed by atoms with Crippen molar-refractivity contribution < 1.29 is 9.90 Å². The first kappa shape index (κ1) is 18.9. The van der Waals surface area contributed by atoms with E-state index in [-0.39, 0.29) is 17.7 Å². The fourth-order valence-corrected chi connectivity index (χ4v) is 4.85. The van der Waals surface area contributed by atoms with E-state index in [1.165, 1.54) is 11.3 Å². The molecule has 0 saturated heterocycles. The number of benzene rings is 1. The third-order valence-electron chi connectivity index (χ3n) is 6.29. The van der Waals surface area contributed by atoms with Crippen LogP contribution in [-0.2, 0) is 6.54 Å². The maximum atomic E-state index is 13.2. The predicted octanol–water partition coefficient (Wildman–Crippen LogP) is 3.48. The molecule has 3 atom stereocenters. The number of aliphatic hydroxyl groups excluding tert-OH is 1. The zero-order chi connectivity index (χ0) is 19.7. The van der Waals surface area contributed by atoms with Crippen LogP contribution >= 0.6 is 0 Å². The van der Waals surface area contributed by atoms with Gasteiger partial charge < -0.3 is 15.0 Å². The summed E-state index contributed by atoms with van der Waals surface area (Å²) in [4.78, 5) is 26.2. The van der Waals surface area contributed by atoms with Gasteiger partial charge in [-0.2, -0.15) is 0 Å². The first-order valence-corrected chi connectivity index (χ1v) is 10.4. The number of hydrogen-bond donors (Lipinski definition) is 2. The van der Waals surface area contributed by atoms with Gasteiger partial charge >= 0.3 is 0 Å². The van der Waals surface area contributed by atoms with Crippen molar-refractivity contribution in [2.75, 3.05) is 6.61 Å². The van der Waals surface area contributed by atoms with Crippen LogP contribution in [0.15, 0.2) is 41.2 Å². The van der Waals surface area contributed by atoms with Crippen LogP contribution in [-0.4, -0.2) is 22.2 Å². The van der Waals surface area contributed by atoms with Gasteiger partial charge in [-0.3, -0.25) is 9.59 Å². The van der Waals surface area contributed by atoms with E-state index in [0.717, 1.165) is 37.7 Å². The molecule has 2 bridgehead atoms. The monoisotopic (exact) mass is 380 g/mol. The Hall–Kier alpha value is -2.40. The number of fused-ring (bicyclic) bond motifs is 5. The van der Waals surface area contributed by atoms with Gasteiger partial charge in [0.2, 0.25) is 0 Å². The summed E-state index contributed by atoms with van der Waals surface area (Å²) in [5.74, 6) is 0.544. The number of unbranched alkanes of at least 4 members (excludes halogenated alkanes) is 1. The van der Waals surface area contributed by atoms with Gasteiger partial charge in [0.15, 0.2) is 0 Å². The quantitative estimate of drug-likeness (QED) is 0.773. The molecule has 1 saturated carbocycles. The Morgan fingerprint density at radius 3 is 2.71 bits per heavy atom. The molecule has 0 radical (unpaired) electrons. The number of aromatic nitrogens is 1. The Morgan fingerprint density at radius 1 is 1.25 bits per heavy atom. The molecule has 1 aromatic carbocycles. The lowest BCUT2D eigenvalue weighted by atomic mass is 9.94. The number of nitrogens with one attached hydrogen (secondary N) is 1. The lowest BCUT2D eigenvalue weighted by Crippen LogP contribution is -2.38. The molecule has 5 nitrogen and oxygen atoms in total. The minimum Gasteiger partial charge on any atom is -0.394 e. The average molecular weight is 380 g/mol. The van der Waals surface area contributed by atoms with Gasteiger partial charge in [-0.25, -0.2) is 0 Å². The summed E-state index contributed by atoms with van der Waals surface area (Å²) in [7, 11) is 0. The zero-order valence-corrected chi connectivity index (χ0v) is 16.4. The Kier molecular flexibility index (Phi) is 5.36. The van der Waals surface area contributed by atoms with E-state index in [2.05, 4.69) is 12.2 Å². The van der Waals surface area contributed by atoms with Crippen LogP contribution in [0.5, 0.6) is 0 Å². The van der Waals surface area contributed by atoms with Crippen LogP contribution in [0.4, 0.5) is 0 Å². The molecular weight excluding hydrogens is 352 g/mol. The molecule has 2 N–H and O–H groups in total. The van der Waals surface area contributed by atoms with E-state index < -0.39 is 11.9 Å². The summed E-state index contributed by atoms with van der Waals surface area (Å²) in [6, 6.07) is 10.7. The third-order valence-corrected chi connectivity index (χ3v) is 6.29. The van der Waals surface area contributed by atoms with Crippen molar-refractivity contribution in [1.29, 1.82) is 0 Å². The number of pyridine rings is 1. The molecule has 2 aliphatic carbocycles. The minimum absolute atomic E-state index is 0.193. The fraction of sp³-hybridized carbons (Fsp3) is 0.478. The molecule has 0 spiro atoms. The molecule has 2 aliphatic rings. The third kappa shape index (κ3) is 3.28. The Balaban J connectivity index is 1.68. The van der Waals surface area contributed by atoms with Crippen LogP contribution in [0.2, 0.25) is 0 Å². The largest absolute Gasteiger partial charge is 0.394 e. The van der Waals surface area contributed by atoms with Crippen LogP contribution in [0, 0.1) is 0 Å². The number of carbonyl (C=O) groups is 1. The maximum absolute atomic E-state index is 13.2. The molecule has 5 heteroatoms. The maximum Gasteiger partial charge on any atom is 0.263 e. The molecule has 1 aromatic heterocycles. The Labute approximate surface area is 165 Å². The molecule has 1 fully saturated rings. The second-order valence-electron chi connectivity index (χ2n) is 8.04. The first-order valence-electron chi connectivity index (χ1n) is 10.4. The molecular formula is C23H28N2O3. The van der Waals surface area contributed by atoms with E-state index in [4.69, 9.17) is 0 Å². The highest BCUT2D eigenvalue weighted by Crippen LogP contribution is 2.52. The van der Waals surface area contributed by atoms with Crippen molar-refractivity contribution in [3.05, 3.63) is 69.1 Å². The lowest BCUT2D eigenvalue weighted by molar-refractivity contribution is 0.0913. The normalized spacial score (nSPS) is 20.8. The van der Waals surface area contributed by atoms with Crippen molar-refractivity contribution in [2.45, 2.75) is 63.5 Å². The summed E-state index contributed by atoms with van der Waals surface area (Å²) < 4.78 is 1.87. The lowest BCUT2D eigenvalue weighted by Gasteiger charge is -2.23. The summed E-state index contributed by atoms with van der Waals surface area (Å²) in [5.41, 5.74) is 3.20. The van der Waals surface area contributed by atoms with Crippen LogP contribution in [0.3, 0.4) is 0 Å². The highest BCUT2D eigenvalue weighted by atomic mass is 16.3. The predicted molar refractivity (Wildman–Crippen MR) is 109 cm³/mol. The smallest absolute Gasteiger partial charge is 0.263 e. The number of rotatable bonds is 7. The van der Waals surface area contributed by atoms with Gasteiger partial charge in [-0.15, -0.1) is 0 Å². The second kappa shape index (κ2) is 7.92. The summed E-state index contributed by atoms with van der Waals surface area (Å²) in [5, 5.41) is 12.6. The summed E-state index contributed by atoms with van der Waals surface area (Å²) in [6.45, 7) is 2.57. The highest BCUT2D eigenvalue weighted by molar-refractivity contribution is 5.94. The van der Waals surface area contributed by atoms with Gasteiger partial charge in [0.25, 0.3) is 11.5 Å². The van der Waals surface area contributed by atoms with Crippen molar-refractivity contribution in [3.63, 3.8) is 0 Å². The Morgan fingerprint density at radius 2 is 2.00 bits per heavy atom. The van der Waals surface area contributed by atoms with Crippen LogP contribution in [0.1, 0.15) is 84.1 Å². The Bertz CT molecular complexity index is 919. The molecule has 0 unspecified atom stereocenters. The van der Waals surface area contributed by atoms with E-state index in [9.17, 15) is 14.7 Å². The van der Waals surface area contributed by atoms with E-state index >= 15 is 0 Å². The van der Waals surface area contributed by atoms with Crippen molar-refractivity contribution >= 4 is 5.91 Å². The SMILES string of the molecule is CCCCn1c2c(cc(C(=O)N[C@H](CO)c3ccccc3)c1=O)[C@H]1CC[C@@H]2C1. The van der Waals surface area contributed by atoms with Gasteiger partial charge in [-0.05, 0) is 48.8 Å². The molecule has 4 rings (SSSR count). The van der Waals surface area contributed by atoms with Crippen LogP contribution in [0.25, 0.3) is 0 Å². The van der Waals surface area contributed by atoms with Crippen LogP contribution < -0.4 is 10.9 Å². The molecule has 2 aromatic rings. The molecule has 1 heterocycles. The van der Waals surface area contributed by atoms with E-state index in [0.29, 0.717) is 18.4 Å². The van der Waals surface area contributed by atoms with Gasteiger partial charge in [0.05, 0.1) is 12.6 Å². The first-order chi connectivity index (χ1) is 13.6. The van der Waals surface area contributed by atoms with E-state index in [1.807, 2.05) is 41.0 Å². The molecule has 28 heavy (non-hydrogen) atoms. The summed E-state index contributed by atoms with van der Waals surface area (Å²) in [6.07, 6.45) is 5.34. The summed E-state index contributed by atoms with van der Waals surface area (Å²) >= 11 is 0. The highest BCUT2D eigenvalue weighted by Gasteiger charge is 2.40. The van der Waals surface area contributed by atoms with E-state index in [1.54, 1.807) is 0 Å². The van der Waals surface area contributed by atoms with Gasteiger partial charge in [-0.1, -0.05) is 43.7 Å². The number of aliphatic hydroxyl groups is 1.